The minimum atomic E-state index is -1.01. The van der Waals surface area contributed by atoms with Gasteiger partial charge in [-0.25, -0.2) is 5.43 Å². The van der Waals surface area contributed by atoms with Crippen molar-refractivity contribution in [1.29, 1.82) is 0 Å². The first-order chi connectivity index (χ1) is 11.4. The molecule has 0 saturated carbocycles. The predicted molar refractivity (Wildman–Crippen MR) is 85.6 cm³/mol. The van der Waals surface area contributed by atoms with Gasteiger partial charge in [0, 0.05) is 17.8 Å². The fourth-order valence-corrected chi connectivity index (χ4v) is 2.40. The van der Waals surface area contributed by atoms with E-state index >= 15 is 0 Å². The molecule has 1 heterocycles. The first-order valence-corrected chi connectivity index (χ1v) is 7.27. The molecule has 0 saturated heterocycles. The summed E-state index contributed by atoms with van der Waals surface area (Å²) in [6.07, 6.45) is 0. The van der Waals surface area contributed by atoms with Crippen molar-refractivity contribution >= 4 is 17.5 Å². The molecular weight excluding hydrogens is 316 g/mol. The van der Waals surface area contributed by atoms with Gasteiger partial charge in [0.25, 0.3) is 5.91 Å². The van der Waals surface area contributed by atoms with E-state index in [0.29, 0.717) is 11.4 Å². The number of benzene rings is 1. The van der Waals surface area contributed by atoms with Crippen LogP contribution in [0.5, 0.6) is 5.75 Å². The van der Waals surface area contributed by atoms with Crippen LogP contribution in [-0.4, -0.2) is 41.3 Å². The predicted octanol–water partition coefficient (Wildman–Crippen LogP) is 0.920. The van der Waals surface area contributed by atoms with Crippen molar-refractivity contribution in [3.8, 4) is 5.75 Å². The Hall–Kier alpha value is -2.94. The van der Waals surface area contributed by atoms with Crippen molar-refractivity contribution < 1.29 is 19.2 Å². The lowest BCUT2D eigenvalue weighted by Crippen LogP contribution is -2.56. The Morgan fingerprint density at radius 3 is 2.42 bits per heavy atom. The molecule has 0 spiro atoms. The van der Waals surface area contributed by atoms with Crippen LogP contribution in [0.15, 0.2) is 35.5 Å². The van der Waals surface area contributed by atoms with Crippen molar-refractivity contribution in [3.63, 3.8) is 0 Å². The normalized spacial score (nSPS) is 18.0. The first kappa shape index (κ1) is 17.4. The molecule has 1 atom stereocenters. The summed E-state index contributed by atoms with van der Waals surface area (Å²) >= 11 is 0. The molecule has 0 aromatic heterocycles. The number of nitrogens with zero attached hydrogens (tertiary/aromatic N) is 2. The van der Waals surface area contributed by atoms with E-state index < -0.39 is 28.5 Å². The summed E-state index contributed by atoms with van der Waals surface area (Å²) in [5.41, 5.74) is 5.70. The van der Waals surface area contributed by atoms with Gasteiger partial charge < -0.3 is 10.2 Å². The maximum atomic E-state index is 12.4. The van der Waals surface area contributed by atoms with Crippen LogP contribution < -0.4 is 15.6 Å². The van der Waals surface area contributed by atoms with E-state index in [0.717, 1.165) is 4.90 Å². The molecule has 1 aromatic carbocycles. The van der Waals surface area contributed by atoms with Gasteiger partial charge in [-0.15, -0.1) is 0 Å². The van der Waals surface area contributed by atoms with Gasteiger partial charge in [0.1, 0.15) is 11.8 Å². The zero-order valence-electron chi connectivity index (χ0n) is 13.5. The third-order valence-electron chi connectivity index (χ3n) is 3.72. The third-order valence-corrected chi connectivity index (χ3v) is 3.72. The van der Waals surface area contributed by atoms with Gasteiger partial charge >= 0.3 is 11.6 Å². The van der Waals surface area contributed by atoms with Crippen LogP contribution in [0.3, 0.4) is 0 Å². The molecule has 1 aliphatic rings. The summed E-state index contributed by atoms with van der Waals surface area (Å²) in [5.74, 6) is -0.747. The molecule has 1 aliphatic heterocycles. The minimum Gasteiger partial charge on any atom is -0.497 e. The maximum Gasteiger partial charge on any atom is 0.335 e. The number of hydrogen-bond acceptors (Lipinski definition) is 7. The lowest BCUT2D eigenvalue weighted by molar-refractivity contribution is -0.421. The molecular formula is C15H18N4O5. The van der Waals surface area contributed by atoms with E-state index in [1.807, 2.05) is 0 Å². The smallest absolute Gasteiger partial charge is 0.335 e. The van der Waals surface area contributed by atoms with Crippen molar-refractivity contribution in [3.05, 3.63) is 45.6 Å². The second kappa shape index (κ2) is 7.09. The zero-order chi connectivity index (χ0) is 17.9. The summed E-state index contributed by atoms with van der Waals surface area (Å²) in [6, 6.07) is 5.87. The lowest BCUT2D eigenvalue weighted by atomic mass is 10.0. The van der Waals surface area contributed by atoms with Crippen LogP contribution in [0, 0.1) is 10.1 Å². The highest BCUT2D eigenvalue weighted by atomic mass is 16.6. The molecule has 24 heavy (non-hydrogen) atoms. The summed E-state index contributed by atoms with van der Waals surface area (Å²) < 4.78 is 5.05. The fraction of sp³-hybridized carbons (Fsp3) is 0.333. The summed E-state index contributed by atoms with van der Waals surface area (Å²) in [4.78, 5) is 35.7. The first-order valence-electron chi connectivity index (χ1n) is 7.27. The molecule has 1 aromatic rings. The summed E-state index contributed by atoms with van der Waals surface area (Å²) in [7, 11) is 1.55. The molecule has 0 aliphatic carbocycles. The number of amides is 2. The Bertz CT molecular complexity index is 698. The van der Waals surface area contributed by atoms with Gasteiger partial charge in [-0.3, -0.25) is 24.6 Å². The largest absolute Gasteiger partial charge is 0.497 e. The lowest BCUT2D eigenvalue weighted by Gasteiger charge is -2.29. The number of anilines is 1. The molecule has 2 N–H and O–H groups in total. The van der Waals surface area contributed by atoms with Gasteiger partial charge in [-0.05, 0) is 38.1 Å². The molecule has 2 amide bonds. The number of ether oxygens (including phenoxy) is 1. The second-order valence-corrected chi connectivity index (χ2v) is 5.11. The topological polar surface area (TPSA) is 114 Å². The van der Waals surface area contributed by atoms with Gasteiger partial charge in [-0.2, -0.15) is 0 Å². The van der Waals surface area contributed by atoms with Crippen LogP contribution in [-0.2, 0) is 9.59 Å². The average Bonchev–Trinajstić information content (AvgIpc) is 2.55. The molecule has 0 radical (unpaired) electrons. The number of nitrogens with one attached hydrogen (secondary N) is 2. The molecule has 128 valence electrons. The van der Waals surface area contributed by atoms with E-state index in [-0.39, 0.29) is 12.1 Å². The number of carbonyl (C=O) groups excluding carboxylic acids is 2. The van der Waals surface area contributed by atoms with Crippen molar-refractivity contribution in [1.82, 2.24) is 10.3 Å². The van der Waals surface area contributed by atoms with Gasteiger partial charge in [0.15, 0.2) is 0 Å². The zero-order valence-corrected chi connectivity index (χ0v) is 13.5. The van der Waals surface area contributed by atoms with E-state index in [1.165, 1.54) is 6.92 Å². The summed E-state index contributed by atoms with van der Waals surface area (Å²) in [6.45, 7) is 3.04. The quantitative estimate of drug-likeness (QED) is 0.452. The van der Waals surface area contributed by atoms with E-state index in [2.05, 4.69) is 10.9 Å². The Morgan fingerprint density at radius 2 is 1.92 bits per heavy atom. The second-order valence-electron chi connectivity index (χ2n) is 5.11. The monoisotopic (exact) mass is 334 g/mol. The van der Waals surface area contributed by atoms with Gasteiger partial charge in [0.2, 0.25) is 0 Å². The third kappa shape index (κ3) is 3.20. The van der Waals surface area contributed by atoms with Crippen LogP contribution in [0.2, 0.25) is 0 Å². The highest BCUT2D eigenvalue weighted by molar-refractivity contribution is 6.09. The Kier molecular flexibility index (Phi) is 5.14. The Labute approximate surface area is 138 Å². The van der Waals surface area contributed by atoms with Gasteiger partial charge in [0.05, 0.1) is 12.0 Å². The number of hydrazine groups is 1. The molecule has 0 bridgehead atoms. The van der Waals surface area contributed by atoms with Crippen LogP contribution in [0.1, 0.15) is 13.8 Å². The van der Waals surface area contributed by atoms with Crippen molar-refractivity contribution in [2.24, 2.45) is 0 Å². The van der Waals surface area contributed by atoms with E-state index in [1.54, 1.807) is 38.3 Å². The number of rotatable bonds is 6. The number of methoxy groups -OCH3 is 1. The SMILES string of the molecule is CCN1C(=O)C([N+](=O)[O-])=C(C)C(NNc2ccc(OC)cc2)C1=O. The number of nitro groups is 1. The van der Waals surface area contributed by atoms with Crippen molar-refractivity contribution in [2.45, 2.75) is 19.9 Å². The minimum absolute atomic E-state index is 0.0585. The molecule has 0 fully saturated rings. The number of imide groups is 1. The van der Waals surface area contributed by atoms with Crippen LogP contribution in [0.25, 0.3) is 0 Å². The fourth-order valence-electron chi connectivity index (χ4n) is 2.40. The molecule has 2 rings (SSSR count). The average molecular weight is 334 g/mol. The van der Waals surface area contributed by atoms with E-state index in [4.69, 9.17) is 4.74 Å². The maximum absolute atomic E-state index is 12.4. The standard InChI is InChI=1S/C15H18N4O5/c1-4-18-14(20)12(9(2)13(15(18)21)19(22)23)17-16-10-5-7-11(24-3)8-6-10/h5-8,12,16-17H,4H2,1-3H3. The summed E-state index contributed by atoms with van der Waals surface area (Å²) in [5, 5.41) is 11.2. The molecule has 9 nitrogen and oxygen atoms in total. The Balaban J connectivity index is 2.24. The molecule has 1 unspecified atom stereocenters. The highest BCUT2D eigenvalue weighted by Gasteiger charge is 2.44. The highest BCUT2D eigenvalue weighted by Crippen LogP contribution is 2.22. The van der Waals surface area contributed by atoms with Crippen molar-refractivity contribution in [2.75, 3.05) is 19.1 Å². The number of carbonyl (C=O) groups is 2. The number of hydrogen-bond donors (Lipinski definition) is 2. The molecule has 9 heteroatoms. The van der Waals surface area contributed by atoms with Gasteiger partial charge in [-0.1, -0.05) is 0 Å². The van der Waals surface area contributed by atoms with Crippen LogP contribution in [0.4, 0.5) is 5.69 Å². The number of likely N-dealkylation sites (N-methyl/N-ethyl adjacent to an activating group) is 1. The van der Waals surface area contributed by atoms with Crippen LogP contribution >= 0.6 is 0 Å². The van der Waals surface area contributed by atoms with E-state index in [9.17, 15) is 19.7 Å². The Morgan fingerprint density at radius 1 is 1.29 bits per heavy atom.